The monoisotopic (exact) mass is 224 g/mol. The minimum Gasteiger partial charge on any atom is -0.326 e. The Bertz CT molecular complexity index is 344. The number of hydrogen-bond donors (Lipinski definition) is 2. The minimum absolute atomic E-state index is 0.0855. The van der Waals surface area contributed by atoms with Crippen molar-refractivity contribution in [1.29, 1.82) is 0 Å². The van der Waals surface area contributed by atoms with Crippen LogP contribution in [0.1, 0.15) is 6.42 Å². The van der Waals surface area contributed by atoms with E-state index < -0.39 is 0 Å². The lowest BCUT2D eigenvalue weighted by Gasteiger charge is -2.09. The van der Waals surface area contributed by atoms with Gasteiger partial charge in [0.1, 0.15) is 0 Å². The van der Waals surface area contributed by atoms with Crippen LogP contribution >= 0.6 is 11.6 Å². The summed E-state index contributed by atoms with van der Waals surface area (Å²) in [4.78, 5) is 11.7. The smallest absolute Gasteiger partial charge is 0.228 e. The summed E-state index contributed by atoms with van der Waals surface area (Å²) >= 11 is 5.75. The molecular formula is C11H13ClN2O. The molecule has 0 spiro atoms. The third kappa shape index (κ3) is 2.70. The summed E-state index contributed by atoms with van der Waals surface area (Å²) in [7, 11) is 0. The summed E-state index contributed by atoms with van der Waals surface area (Å²) in [5.41, 5.74) is 0.802. The maximum atomic E-state index is 11.7. The Balaban J connectivity index is 1.96. The van der Waals surface area contributed by atoms with Crippen LogP contribution in [0.25, 0.3) is 0 Å². The number of anilines is 1. The van der Waals surface area contributed by atoms with Crippen molar-refractivity contribution in [2.45, 2.75) is 6.42 Å². The van der Waals surface area contributed by atoms with Crippen LogP contribution in [0.3, 0.4) is 0 Å². The van der Waals surface area contributed by atoms with E-state index in [-0.39, 0.29) is 11.8 Å². The Morgan fingerprint density at radius 1 is 1.40 bits per heavy atom. The van der Waals surface area contributed by atoms with Gasteiger partial charge in [0.05, 0.1) is 5.92 Å². The van der Waals surface area contributed by atoms with Crippen molar-refractivity contribution in [3.63, 3.8) is 0 Å². The Morgan fingerprint density at radius 2 is 2.13 bits per heavy atom. The van der Waals surface area contributed by atoms with Gasteiger partial charge in [0.25, 0.3) is 0 Å². The highest BCUT2D eigenvalue weighted by Crippen LogP contribution is 2.15. The molecule has 1 aliphatic rings. The van der Waals surface area contributed by atoms with Gasteiger partial charge in [-0.1, -0.05) is 11.6 Å². The van der Waals surface area contributed by atoms with Gasteiger partial charge in [-0.3, -0.25) is 4.79 Å². The summed E-state index contributed by atoms with van der Waals surface area (Å²) < 4.78 is 0. The fraction of sp³-hybridized carbons (Fsp3) is 0.364. The van der Waals surface area contributed by atoms with Gasteiger partial charge in [-0.15, -0.1) is 0 Å². The van der Waals surface area contributed by atoms with E-state index in [0.29, 0.717) is 5.02 Å². The number of carbonyl (C=O) groups excluding carboxylic acids is 1. The number of rotatable bonds is 2. The lowest BCUT2D eigenvalue weighted by molar-refractivity contribution is -0.119. The zero-order valence-electron chi connectivity index (χ0n) is 8.29. The van der Waals surface area contributed by atoms with Crippen LogP contribution in [0.5, 0.6) is 0 Å². The molecule has 1 unspecified atom stereocenters. The molecule has 1 aliphatic heterocycles. The van der Waals surface area contributed by atoms with Crippen LogP contribution in [-0.4, -0.2) is 19.0 Å². The van der Waals surface area contributed by atoms with Gasteiger partial charge < -0.3 is 10.6 Å². The lowest BCUT2D eigenvalue weighted by Crippen LogP contribution is -2.24. The highest BCUT2D eigenvalue weighted by atomic mass is 35.5. The van der Waals surface area contributed by atoms with Crippen LogP contribution in [-0.2, 0) is 4.79 Å². The molecule has 1 heterocycles. The molecule has 1 amide bonds. The van der Waals surface area contributed by atoms with Crippen molar-refractivity contribution in [2.75, 3.05) is 18.4 Å². The second kappa shape index (κ2) is 4.64. The maximum absolute atomic E-state index is 11.7. The number of nitrogens with one attached hydrogen (secondary N) is 2. The van der Waals surface area contributed by atoms with E-state index in [2.05, 4.69) is 10.6 Å². The molecule has 2 rings (SSSR count). The molecule has 15 heavy (non-hydrogen) atoms. The van der Waals surface area contributed by atoms with Gasteiger partial charge in [0, 0.05) is 17.3 Å². The van der Waals surface area contributed by atoms with Crippen LogP contribution in [0.15, 0.2) is 24.3 Å². The molecule has 1 atom stereocenters. The van der Waals surface area contributed by atoms with Crippen LogP contribution in [0, 0.1) is 5.92 Å². The fourth-order valence-electron chi connectivity index (χ4n) is 1.66. The van der Waals surface area contributed by atoms with Crippen LogP contribution in [0.4, 0.5) is 5.69 Å². The molecule has 80 valence electrons. The van der Waals surface area contributed by atoms with Crippen molar-refractivity contribution in [3.05, 3.63) is 29.3 Å². The normalized spacial score (nSPS) is 20.2. The Labute approximate surface area is 93.8 Å². The highest BCUT2D eigenvalue weighted by Gasteiger charge is 2.22. The number of hydrogen-bond acceptors (Lipinski definition) is 2. The Kier molecular flexibility index (Phi) is 3.23. The van der Waals surface area contributed by atoms with Crippen LogP contribution < -0.4 is 10.6 Å². The van der Waals surface area contributed by atoms with E-state index in [1.807, 2.05) is 12.1 Å². The number of carbonyl (C=O) groups is 1. The van der Waals surface area contributed by atoms with Crippen molar-refractivity contribution in [3.8, 4) is 0 Å². The zero-order chi connectivity index (χ0) is 10.7. The number of amides is 1. The van der Waals surface area contributed by atoms with Gasteiger partial charge in [-0.25, -0.2) is 0 Å². The second-order valence-electron chi connectivity index (χ2n) is 3.69. The number of halogens is 1. The SMILES string of the molecule is O=C(Nc1ccc(Cl)cc1)C1CCNC1. The van der Waals surface area contributed by atoms with Crippen molar-refractivity contribution >= 4 is 23.2 Å². The highest BCUT2D eigenvalue weighted by molar-refractivity contribution is 6.30. The first-order valence-corrected chi connectivity index (χ1v) is 5.40. The molecule has 0 saturated carbocycles. The molecule has 4 heteroatoms. The molecule has 1 fully saturated rings. The predicted molar refractivity (Wildman–Crippen MR) is 61.1 cm³/mol. The molecule has 2 N–H and O–H groups in total. The summed E-state index contributed by atoms with van der Waals surface area (Å²) in [5, 5.41) is 6.72. The summed E-state index contributed by atoms with van der Waals surface area (Å²) in [5.74, 6) is 0.183. The van der Waals surface area contributed by atoms with Crippen molar-refractivity contribution in [1.82, 2.24) is 5.32 Å². The molecular weight excluding hydrogens is 212 g/mol. The first kappa shape index (κ1) is 10.5. The van der Waals surface area contributed by atoms with E-state index in [9.17, 15) is 4.79 Å². The molecule has 0 aromatic heterocycles. The van der Waals surface area contributed by atoms with Gasteiger partial charge in [-0.2, -0.15) is 0 Å². The molecule has 0 aliphatic carbocycles. The molecule has 1 aromatic carbocycles. The second-order valence-corrected chi connectivity index (χ2v) is 4.12. The average Bonchev–Trinajstić information content (AvgIpc) is 2.74. The summed E-state index contributed by atoms with van der Waals surface area (Å²) in [6, 6.07) is 7.15. The van der Waals surface area contributed by atoms with Crippen molar-refractivity contribution in [2.24, 2.45) is 5.92 Å². The quantitative estimate of drug-likeness (QED) is 0.806. The minimum atomic E-state index is 0.0855. The molecule has 1 saturated heterocycles. The maximum Gasteiger partial charge on any atom is 0.228 e. The number of benzene rings is 1. The van der Waals surface area contributed by atoms with E-state index in [1.54, 1.807) is 12.1 Å². The third-order valence-electron chi connectivity index (χ3n) is 2.54. The largest absolute Gasteiger partial charge is 0.326 e. The fourth-order valence-corrected chi connectivity index (χ4v) is 1.78. The first-order valence-electron chi connectivity index (χ1n) is 5.03. The Morgan fingerprint density at radius 3 is 2.73 bits per heavy atom. The van der Waals surface area contributed by atoms with Gasteiger partial charge in [-0.05, 0) is 37.2 Å². The third-order valence-corrected chi connectivity index (χ3v) is 2.79. The lowest BCUT2D eigenvalue weighted by atomic mass is 10.1. The van der Waals surface area contributed by atoms with E-state index in [1.165, 1.54) is 0 Å². The topological polar surface area (TPSA) is 41.1 Å². The average molecular weight is 225 g/mol. The summed E-state index contributed by atoms with van der Waals surface area (Å²) in [6.45, 7) is 1.71. The standard InChI is InChI=1S/C11H13ClN2O/c12-9-1-3-10(4-2-9)14-11(15)8-5-6-13-7-8/h1-4,8,13H,5-7H2,(H,14,15). The zero-order valence-corrected chi connectivity index (χ0v) is 9.05. The van der Waals surface area contributed by atoms with Gasteiger partial charge >= 0.3 is 0 Å². The molecule has 0 radical (unpaired) electrons. The molecule has 1 aromatic rings. The Hall–Kier alpha value is -1.06. The van der Waals surface area contributed by atoms with E-state index in [4.69, 9.17) is 11.6 Å². The van der Waals surface area contributed by atoms with Crippen LogP contribution in [0.2, 0.25) is 5.02 Å². The van der Waals surface area contributed by atoms with Gasteiger partial charge in [0.2, 0.25) is 5.91 Å². The molecule has 0 bridgehead atoms. The van der Waals surface area contributed by atoms with Crippen molar-refractivity contribution < 1.29 is 4.79 Å². The first-order chi connectivity index (χ1) is 7.25. The predicted octanol–water partition coefficient (Wildman–Crippen LogP) is 1.89. The van der Waals surface area contributed by atoms with E-state index in [0.717, 1.165) is 25.2 Å². The summed E-state index contributed by atoms with van der Waals surface area (Å²) in [6.07, 6.45) is 0.916. The van der Waals surface area contributed by atoms with Gasteiger partial charge in [0.15, 0.2) is 0 Å². The molecule has 3 nitrogen and oxygen atoms in total. The van der Waals surface area contributed by atoms with E-state index >= 15 is 0 Å².